The summed E-state index contributed by atoms with van der Waals surface area (Å²) in [5, 5.41) is 5.80. The van der Waals surface area contributed by atoms with Crippen LogP contribution in [0.2, 0.25) is 0 Å². The normalized spacial score (nSPS) is 18.3. The number of amides is 1. The Labute approximate surface area is 113 Å². The highest BCUT2D eigenvalue weighted by molar-refractivity contribution is 5.90. The molecule has 4 nitrogen and oxygen atoms in total. The van der Waals surface area contributed by atoms with Crippen molar-refractivity contribution in [3.05, 3.63) is 29.6 Å². The fraction of sp³-hybridized carbons (Fsp3) is 0.500. The highest BCUT2D eigenvalue weighted by atomic mass is 19.1. The lowest BCUT2D eigenvalue weighted by atomic mass is 9.97. The van der Waals surface area contributed by atoms with Gasteiger partial charge in [0.05, 0.1) is 5.69 Å². The molecule has 2 rings (SSSR count). The van der Waals surface area contributed by atoms with Gasteiger partial charge in [-0.15, -0.1) is 0 Å². The smallest absolute Gasteiger partial charge is 0.245 e. The predicted octanol–water partition coefficient (Wildman–Crippen LogP) is 1.26. The molecule has 1 amide bonds. The van der Waals surface area contributed by atoms with E-state index in [1.165, 1.54) is 6.07 Å². The van der Waals surface area contributed by atoms with E-state index in [-0.39, 0.29) is 11.7 Å². The average Bonchev–Trinajstić information content (AvgIpc) is 2.34. The van der Waals surface area contributed by atoms with Crippen LogP contribution < -0.4 is 15.5 Å². The standard InChI is InChI=1S/C14H20FN3O/c1-14(2)13(19)17-6-7-18(14)12-5-4-10(9-16-3)8-11(12)15/h4-5,8,16H,6-7,9H2,1-3H3,(H,17,19). The van der Waals surface area contributed by atoms with Gasteiger partial charge in [0.1, 0.15) is 11.4 Å². The highest BCUT2D eigenvalue weighted by Gasteiger charge is 2.38. The first-order valence-corrected chi connectivity index (χ1v) is 6.46. The third kappa shape index (κ3) is 2.56. The second kappa shape index (κ2) is 5.17. The largest absolute Gasteiger partial charge is 0.353 e. The number of hydrogen-bond acceptors (Lipinski definition) is 3. The molecule has 0 aliphatic carbocycles. The maximum atomic E-state index is 14.2. The minimum atomic E-state index is -0.733. The Hall–Kier alpha value is -1.62. The fourth-order valence-electron chi connectivity index (χ4n) is 2.40. The van der Waals surface area contributed by atoms with E-state index in [2.05, 4.69) is 10.6 Å². The van der Waals surface area contributed by atoms with Crippen LogP contribution in [0.3, 0.4) is 0 Å². The summed E-state index contributed by atoms with van der Waals surface area (Å²) < 4.78 is 14.2. The molecule has 1 heterocycles. The molecule has 5 heteroatoms. The maximum absolute atomic E-state index is 14.2. The van der Waals surface area contributed by atoms with E-state index in [1.807, 2.05) is 31.9 Å². The molecule has 1 aliphatic rings. The van der Waals surface area contributed by atoms with Crippen LogP contribution in [0.1, 0.15) is 19.4 Å². The number of nitrogens with zero attached hydrogens (tertiary/aromatic N) is 1. The number of carbonyl (C=O) groups excluding carboxylic acids is 1. The molecule has 0 unspecified atom stereocenters. The molecule has 1 aliphatic heterocycles. The molecule has 1 aromatic rings. The number of hydrogen-bond donors (Lipinski definition) is 2. The van der Waals surface area contributed by atoms with Crippen molar-refractivity contribution in [2.24, 2.45) is 0 Å². The Balaban J connectivity index is 2.33. The van der Waals surface area contributed by atoms with Crippen LogP contribution in [0.4, 0.5) is 10.1 Å². The van der Waals surface area contributed by atoms with Gasteiger partial charge in [-0.1, -0.05) is 6.07 Å². The van der Waals surface area contributed by atoms with Crippen LogP contribution in [0.25, 0.3) is 0 Å². The Morgan fingerprint density at radius 1 is 1.47 bits per heavy atom. The molecule has 1 aromatic carbocycles. The van der Waals surface area contributed by atoms with E-state index in [0.717, 1.165) is 5.56 Å². The average molecular weight is 265 g/mol. The number of rotatable bonds is 3. The summed E-state index contributed by atoms with van der Waals surface area (Å²) in [5.41, 5.74) is 0.645. The first-order chi connectivity index (χ1) is 8.96. The van der Waals surface area contributed by atoms with Gasteiger partial charge in [-0.3, -0.25) is 4.79 Å². The molecule has 1 fully saturated rings. The lowest BCUT2D eigenvalue weighted by Crippen LogP contribution is -2.62. The predicted molar refractivity (Wildman–Crippen MR) is 73.6 cm³/mol. The van der Waals surface area contributed by atoms with E-state index in [0.29, 0.717) is 25.3 Å². The van der Waals surface area contributed by atoms with Crippen LogP contribution in [-0.4, -0.2) is 31.6 Å². The minimum absolute atomic E-state index is 0.0718. The molecule has 1 saturated heterocycles. The van der Waals surface area contributed by atoms with Gasteiger partial charge in [0.15, 0.2) is 0 Å². The quantitative estimate of drug-likeness (QED) is 0.865. The molecule has 0 bridgehead atoms. The summed E-state index contributed by atoms with van der Waals surface area (Å²) >= 11 is 0. The summed E-state index contributed by atoms with van der Waals surface area (Å²) in [6, 6.07) is 5.16. The first kappa shape index (κ1) is 13.8. The molecule has 0 saturated carbocycles. The zero-order valence-corrected chi connectivity index (χ0v) is 11.6. The van der Waals surface area contributed by atoms with Crippen molar-refractivity contribution in [3.8, 4) is 0 Å². The number of benzene rings is 1. The molecule has 0 aromatic heterocycles. The molecule has 19 heavy (non-hydrogen) atoms. The second-order valence-corrected chi connectivity index (χ2v) is 5.28. The highest BCUT2D eigenvalue weighted by Crippen LogP contribution is 2.29. The van der Waals surface area contributed by atoms with Gasteiger partial charge in [0.25, 0.3) is 0 Å². The molecular weight excluding hydrogens is 245 g/mol. The van der Waals surface area contributed by atoms with Crippen LogP contribution in [0, 0.1) is 5.82 Å². The lowest BCUT2D eigenvalue weighted by Gasteiger charge is -2.43. The van der Waals surface area contributed by atoms with Crippen molar-refractivity contribution in [1.82, 2.24) is 10.6 Å². The minimum Gasteiger partial charge on any atom is -0.353 e. The van der Waals surface area contributed by atoms with Gasteiger partial charge in [0.2, 0.25) is 5.91 Å². The Morgan fingerprint density at radius 3 is 2.84 bits per heavy atom. The third-order valence-corrected chi connectivity index (χ3v) is 3.54. The van der Waals surface area contributed by atoms with Crippen molar-refractivity contribution in [2.45, 2.75) is 25.9 Å². The van der Waals surface area contributed by atoms with Gasteiger partial charge in [0, 0.05) is 19.6 Å². The van der Waals surface area contributed by atoms with Crippen molar-refractivity contribution < 1.29 is 9.18 Å². The molecule has 2 N–H and O–H groups in total. The van der Waals surface area contributed by atoms with Crippen LogP contribution in [0.5, 0.6) is 0 Å². The van der Waals surface area contributed by atoms with Gasteiger partial charge >= 0.3 is 0 Å². The maximum Gasteiger partial charge on any atom is 0.245 e. The van der Waals surface area contributed by atoms with Crippen LogP contribution in [-0.2, 0) is 11.3 Å². The topological polar surface area (TPSA) is 44.4 Å². The lowest BCUT2D eigenvalue weighted by molar-refractivity contribution is -0.126. The fourth-order valence-corrected chi connectivity index (χ4v) is 2.40. The first-order valence-electron chi connectivity index (χ1n) is 6.46. The van der Waals surface area contributed by atoms with Gasteiger partial charge in [-0.2, -0.15) is 0 Å². The Bertz CT molecular complexity index is 488. The van der Waals surface area contributed by atoms with Gasteiger partial charge in [-0.05, 0) is 38.6 Å². The van der Waals surface area contributed by atoms with Crippen molar-refractivity contribution in [2.75, 3.05) is 25.0 Å². The van der Waals surface area contributed by atoms with Gasteiger partial charge < -0.3 is 15.5 Å². The van der Waals surface area contributed by atoms with E-state index >= 15 is 0 Å². The summed E-state index contributed by atoms with van der Waals surface area (Å²) in [6.45, 7) is 5.40. The monoisotopic (exact) mass is 265 g/mol. The summed E-state index contributed by atoms with van der Waals surface area (Å²) in [6.07, 6.45) is 0. The summed E-state index contributed by atoms with van der Waals surface area (Å²) in [7, 11) is 1.82. The van der Waals surface area contributed by atoms with Crippen molar-refractivity contribution in [1.29, 1.82) is 0 Å². The van der Waals surface area contributed by atoms with E-state index in [4.69, 9.17) is 0 Å². The van der Waals surface area contributed by atoms with Gasteiger partial charge in [-0.25, -0.2) is 4.39 Å². The number of halogens is 1. The Morgan fingerprint density at radius 2 is 2.21 bits per heavy atom. The van der Waals surface area contributed by atoms with Crippen LogP contribution >= 0.6 is 0 Å². The van der Waals surface area contributed by atoms with E-state index in [1.54, 1.807) is 6.07 Å². The summed E-state index contributed by atoms with van der Waals surface area (Å²) in [4.78, 5) is 13.7. The van der Waals surface area contributed by atoms with Crippen LogP contribution in [0.15, 0.2) is 18.2 Å². The number of carbonyl (C=O) groups is 1. The van der Waals surface area contributed by atoms with E-state index in [9.17, 15) is 9.18 Å². The molecule has 0 atom stereocenters. The second-order valence-electron chi connectivity index (χ2n) is 5.28. The van der Waals surface area contributed by atoms with Crippen molar-refractivity contribution >= 4 is 11.6 Å². The Kier molecular flexibility index (Phi) is 3.75. The molecule has 0 spiro atoms. The number of piperazine rings is 1. The summed E-state index contributed by atoms with van der Waals surface area (Å²) in [5.74, 6) is -0.354. The molecule has 0 radical (unpaired) electrons. The van der Waals surface area contributed by atoms with Crippen molar-refractivity contribution in [3.63, 3.8) is 0 Å². The SMILES string of the molecule is CNCc1ccc(N2CCNC(=O)C2(C)C)c(F)c1. The van der Waals surface area contributed by atoms with E-state index < -0.39 is 5.54 Å². The zero-order chi connectivity index (χ0) is 14.0. The third-order valence-electron chi connectivity index (χ3n) is 3.54. The number of nitrogens with one attached hydrogen (secondary N) is 2. The molecular formula is C14H20FN3O. The molecule has 104 valence electrons. The number of anilines is 1. The zero-order valence-electron chi connectivity index (χ0n) is 11.6.